The standard InChI is InChI=1S/C10H7O4S.Na.H/c11-8-4-5-9-7(6-8)2-1-3-10(9)15(12,13)14;;/h1-2,4-6,11H,(H,12,13,14);;. The maximum absolute atomic E-state index is 11.0. The van der Waals surface area contributed by atoms with E-state index in [1.54, 1.807) is 6.07 Å². The predicted octanol–water partition coefficient (Wildman–Crippen LogP) is 0.944. The summed E-state index contributed by atoms with van der Waals surface area (Å²) in [7, 11) is -4.28. The van der Waals surface area contributed by atoms with Crippen LogP contribution < -0.4 is 0 Å². The van der Waals surface area contributed by atoms with Gasteiger partial charge in [-0.05, 0) is 23.6 Å². The van der Waals surface area contributed by atoms with E-state index >= 15 is 0 Å². The summed E-state index contributed by atoms with van der Waals surface area (Å²) < 4.78 is 30.9. The molecule has 0 bridgehead atoms. The molecule has 0 amide bonds. The van der Waals surface area contributed by atoms with Crippen molar-refractivity contribution in [1.82, 2.24) is 0 Å². The first-order valence-corrected chi connectivity index (χ1v) is 5.53. The van der Waals surface area contributed by atoms with E-state index in [4.69, 9.17) is 4.55 Å². The van der Waals surface area contributed by atoms with Gasteiger partial charge in [-0.3, -0.25) is 4.55 Å². The van der Waals surface area contributed by atoms with Crippen molar-refractivity contribution < 1.29 is 18.1 Å². The molecule has 2 rings (SSSR count). The van der Waals surface area contributed by atoms with Gasteiger partial charge >= 0.3 is 29.6 Å². The fourth-order valence-corrected chi connectivity index (χ4v) is 2.07. The number of aromatic hydroxyl groups is 1. The van der Waals surface area contributed by atoms with Crippen LogP contribution in [0.4, 0.5) is 0 Å². The third-order valence-electron chi connectivity index (χ3n) is 2.02. The normalized spacial score (nSPS) is 11.1. The van der Waals surface area contributed by atoms with Crippen molar-refractivity contribution in [3.05, 3.63) is 36.4 Å². The molecule has 79 valence electrons. The van der Waals surface area contributed by atoms with Gasteiger partial charge in [-0.2, -0.15) is 8.42 Å². The summed E-state index contributed by atoms with van der Waals surface area (Å²) in [4.78, 5) is -0.278. The minimum atomic E-state index is -4.28. The van der Waals surface area contributed by atoms with Crippen LogP contribution in [0.3, 0.4) is 0 Å². The van der Waals surface area contributed by atoms with Gasteiger partial charge in [0, 0.05) is 11.5 Å². The molecular formula is C10H8NaO4S. The average Bonchev–Trinajstić information content (AvgIpc) is 2.15. The van der Waals surface area contributed by atoms with Crippen molar-refractivity contribution in [2.75, 3.05) is 0 Å². The molecule has 0 spiro atoms. The van der Waals surface area contributed by atoms with Crippen LogP contribution in [0, 0.1) is 6.07 Å². The molecule has 4 nitrogen and oxygen atoms in total. The van der Waals surface area contributed by atoms with Crippen molar-refractivity contribution in [2.45, 2.75) is 4.90 Å². The Kier molecular flexibility index (Phi) is 3.98. The quantitative estimate of drug-likeness (QED) is 0.581. The third-order valence-corrected chi connectivity index (χ3v) is 2.87. The first kappa shape index (κ1) is 13.5. The first-order chi connectivity index (χ1) is 6.98. The summed E-state index contributed by atoms with van der Waals surface area (Å²) in [6.45, 7) is 0. The van der Waals surface area contributed by atoms with E-state index in [9.17, 15) is 13.5 Å². The monoisotopic (exact) mass is 247 g/mol. The summed E-state index contributed by atoms with van der Waals surface area (Å²) in [6, 6.07) is 9.62. The van der Waals surface area contributed by atoms with Gasteiger partial charge in [-0.15, -0.1) is 0 Å². The number of hydrogen-bond donors (Lipinski definition) is 2. The Morgan fingerprint density at radius 2 is 1.88 bits per heavy atom. The summed E-state index contributed by atoms with van der Waals surface area (Å²) in [5.74, 6) is 0.0370. The van der Waals surface area contributed by atoms with E-state index in [-0.39, 0.29) is 40.2 Å². The van der Waals surface area contributed by atoms with Crippen LogP contribution in [0.1, 0.15) is 0 Å². The van der Waals surface area contributed by atoms with Crippen LogP contribution in [0.25, 0.3) is 10.8 Å². The van der Waals surface area contributed by atoms with Gasteiger partial charge in [0.25, 0.3) is 10.1 Å². The molecule has 0 fully saturated rings. The van der Waals surface area contributed by atoms with Gasteiger partial charge in [-0.25, -0.2) is 0 Å². The molecule has 1 radical (unpaired) electrons. The molecule has 0 aromatic heterocycles. The average molecular weight is 247 g/mol. The topological polar surface area (TPSA) is 74.6 Å². The van der Waals surface area contributed by atoms with Gasteiger partial charge in [-0.1, -0.05) is 12.1 Å². The zero-order chi connectivity index (χ0) is 11.1. The van der Waals surface area contributed by atoms with Crippen molar-refractivity contribution in [1.29, 1.82) is 0 Å². The van der Waals surface area contributed by atoms with Crippen LogP contribution in [0.15, 0.2) is 35.2 Å². The van der Waals surface area contributed by atoms with Gasteiger partial charge in [0.05, 0.1) is 0 Å². The molecule has 6 heteroatoms. The van der Waals surface area contributed by atoms with Gasteiger partial charge < -0.3 is 5.11 Å². The van der Waals surface area contributed by atoms with E-state index < -0.39 is 10.1 Å². The fraction of sp³-hybridized carbons (Fsp3) is 0. The summed E-state index contributed by atoms with van der Waals surface area (Å²) in [5, 5.41) is 10.1. The Morgan fingerprint density at radius 1 is 1.19 bits per heavy atom. The molecule has 0 saturated carbocycles. The number of rotatable bonds is 1. The first-order valence-electron chi connectivity index (χ1n) is 4.09. The third kappa shape index (κ3) is 2.56. The summed E-state index contributed by atoms with van der Waals surface area (Å²) in [6.07, 6.45) is 0. The Morgan fingerprint density at radius 3 is 2.50 bits per heavy atom. The Hall–Kier alpha value is -0.590. The number of phenolic OH excluding ortho intramolecular Hbond substituents is 1. The van der Waals surface area contributed by atoms with Gasteiger partial charge in [0.1, 0.15) is 10.6 Å². The molecule has 0 saturated heterocycles. The molecule has 0 aliphatic rings. The molecule has 0 unspecified atom stereocenters. The van der Waals surface area contributed by atoms with Crippen molar-refractivity contribution in [3.8, 4) is 5.75 Å². The molecule has 0 aliphatic carbocycles. The van der Waals surface area contributed by atoms with Crippen LogP contribution >= 0.6 is 0 Å². The van der Waals surface area contributed by atoms with E-state index in [1.807, 2.05) is 0 Å². The van der Waals surface area contributed by atoms with E-state index in [0.717, 1.165) is 0 Å². The minimum absolute atomic E-state index is 0. The molecular weight excluding hydrogens is 239 g/mol. The second-order valence-electron chi connectivity index (χ2n) is 3.05. The van der Waals surface area contributed by atoms with Crippen LogP contribution in [-0.2, 0) is 10.1 Å². The number of hydrogen-bond acceptors (Lipinski definition) is 3. The van der Waals surface area contributed by atoms with Crippen molar-refractivity contribution in [3.63, 3.8) is 0 Å². The zero-order valence-electron chi connectivity index (χ0n) is 7.51. The van der Waals surface area contributed by atoms with Crippen LogP contribution in [0.5, 0.6) is 5.75 Å². The second kappa shape index (κ2) is 4.73. The van der Waals surface area contributed by atoms with E-state index in [0.29, 0.717) is 10.8 Å². The Labute approximate surface area is 115 Å². The fourth-order valence-electron chi connectivity index (χ4n) is 1.39. The van der Waals surface area contributed by atoms with E-state index in [1.165, 1.54) is 24.3 Å². The summed E-state index contributed by atoms with van der Waals surface area (Å²) in [5.41, 5.74) is 0. The summed E-state index contributed by atoms with van der Waals surface area (Å²) >= 11 is 0. The Bertz CT molecular complexity index is 622. The number of benzene rings is 2. The Balaban J connectivity index is 0.00000128. The molecule has 0 heterocycles. The molecule has 0 aliphatic heterocycles. The molecule has 16 heavy (non-hydrogen) atoms. The molecule has 2 N–H and O–H groups in total. The molecule has 0 atom stereocenters. The van der Waals surface area contributed by atoms with Gasteiger partial charge in [0.2, 0.25) is 0 Å². The van der Waals surface area contributed by atoms with Crippen molar-refractivity contribution in [2.24, 2.45) is 0 Å². The van der Waals surface area contributed by atoms with Crippen LogP contribution in [-0.4, -0.2) is 47.6 Å². The molecule has 2 aromatic carbocycles. The second-order valence-corrected chi connectivity index (χ2v) is 4.41. The van der Waals surface area contributed by atoms with Gasteiger partial charge in [0.15, 0.2) is 0 Å². The van der Waals surface area contributed by atoms with E-state index in [2.05, 4.69) is 6.07 Å². The number of phenols is 1. The SMILES string of the molecule is O=S(=O)(O)c1[c]ccc2cc(O)ccc12.[NaH]. The van der Waals surface area contributed by atoms with Crippen molar-refractivity contribution >= 4 is 50.4 Å². The maximum atomic E-state index is 11.0. The number of fused-ring (bicyclic) bond motifs is 1. The predicted molar refractivity (Wildman–Crippen MR) is 61.4 cm³/mol. The van der Waals surface area contributed by atoms with Crippen LogP contribution in [0.2, 0.25) is 0 Å². The zero-order valence-corrected chi connectivity index (χ0v) is 8.32. The molecule has 2 aromatic rings.